The van der Waals surface area contributed by atoms with E-state index >= 15 is 0 Å². The Morgan fingerprint density at radius 2 is 1.75 bits per heavy atom. The standard InChI is InChI=1S/C8H7O3P/c1-2-7-3-5-8(6-4-7)12(9,10)11/h1,3-6H,(H2,9,10,11)/p-2. The SMILES string of the molecule is C#Cc1ccc(P(=O)([O-])[O-])cc1. The molecule has 62 valence electrons. The van der Waals surface area contributed by atoms with Gasteiger partial charge in [0, 0.05) is 5.56 Å². The Hall–Kier alpha value is -1.07. The Morgan fingerprint density at radius 1 is 1.25 bits per heavy atom. The van der Waals surface area contributed by atoms with E-state index in [1.165, 1.54) is 24.3 Å². The summed E-state index contributed by atoms with van der Waals surface area (Å²) in [4.78, 5) is 20.9. The van der Waals surface area contributed by atoms with Crippen molar-refractivity contribution in [2.75, 3.05) is 0 Å². The van der Waals surface area contributed by atoms with E-state index in [4.69, 9.17) is 6.42 Å². The third-order valence-corrected chi connectivity index (χ3v) is 2.28. The van der Waals surface area contributed by atoms with Gasteiger partial charge in [0.2, 0.25) is 0 Å². The molecule has 3 nitrogen and oxygen atoms in total. The highest BCUT2D eigenvalue weighted by Gasteiger charge is 1.95. The molecule has 0 spiro atoms. The predicted molar refractivity (Wildman–Crippen MR) is 41.6 cm³/mol. The van der Waals surface area contributed by atoms with Gasteiger partial charge in [-0.2, -0.15) is 0 Å². The van der Waals surface area contributed by atoms with Gasteiger partial charge >= 0.3 is 0 Å². The molecule has 0 fully saturated rings. The van der Waals surface area contributed by atoms with Gasteiger partial charge < -0.3 is 14.4 Å². The van der Waals surface area contributed by atoms with E-state index in [-0.39, 0.29) is 5.30 Å². The van der Waals surface area contributed by atoms with Crippen LogP contribution in [0.5, 0.6) is 0 Å². The summed E-state index contributed by atoms with van der Waals surface area (Å²) >= 11 is 0. The van der Waals surface area contributed by atoms with Gasteiger partial charge in [-0.25, -0.2) is 0 Å². The molecule has 0 aliphatic carbocycles. The van der Waals surface area contributed by atoms with Crippen LogP contribution in [0.1, 0.15) is 5.56 Å². The third-order valence-electron chi connectivity index (χ3n) is 1.35. The van der Waals surface area contributed by atoms with Gasteiger partial charge in [-0.05, 0) is 25.0 Å². The Bertz CT molecular complexity index is 355. The van der Waals surface area contributed by atoms with Crippen LogP contribution in [0.3, 0.4) is 0 Å². The van der Waals surface area contributed by atoms with Crippen molar-refractivity contribution in [2.24, 2.45) is 0 Å². The van der Waals surface area contributed by atoms with Crippen molar-refractivity contribution in [3.63, 3.8) is 0 Å². The van der Waals surface area contributed by atoms with Crippen LogP contribution in [0.15, 0.2) is 24.3 Å². The second-order valence-electron chi connectivity index (χ2n) is 2.19. The van der Waals surface area contributed by atoms with Crippen molar-refractivity contribution in [3.8, 4) is 12.3 Å². The normalized spacial score (nSPS) is 10.8. The lowest BCUT2D eigenvalue weighted by atomic mass is 10.2. The van der Waals surface area contributed by atoms with E-state index in [1.54, 1.807) is 0 Å². The van der Waals surface area contributed by atoms with Crippen LogP contribution in [0.2, 0.25) is 0 Å². The first-order chi connectivity index (χ1) is 5.54. The van der Waals surface area contributed by atoms with Crippen LogP contribution in [-0.4, -0.2) is 0 Å². The molecule has 0 amide bonds. The fourth-order valence-electron chi connectivity index (χ4n) is 0.740. The van der Waals surface area contributed by atoms with Crippen LogP contribution in [0, 0.1) is 12.3 Å². The highest BCUT2D eigenvalue weighted by atomic mass is 31.2. The Morgan fingerprint density at radius 3 is 2.08 bits per heavy atom. The molecule has 1 rings (SSSR count). The minimum atomic E-state index is -4.62. The monoisotopic (exact) mass is 180 g/mol. The molecule has 0 saturated carbocycles. The van der Waals surface area contributed by atoms with E-state index in [9.17, 15) is 14.4 Å². The number of hydrogen-bond acceptors (Lipinski definition) is 3. The minimum Gasteiger partial charge on any atom is -0.807 e. The second kappa shape index (κ2) is 3.12. The molecule has 1 aromatic carbocycles. The molecule has 0 heterocycles. The van der Waals surface area contributed by atoms with Crippen molar-refractivity contribution in [1.82, 2.24) is 0 Å². The highest BCUT2D eigenvalue weighted by molar-refractivity contribution is 7.57. The summed E-state index contributed by atoms with van der Waals surface area (Å²) in [6.45, 7) is 0. The minimum absolute atomic E-state index is 0.235. The molecule has 0 radical (unpaired) electrons. The molecule has 1 aromatic rings. The second-order valence-corrected chi connectivity index (χ2v) is 3.70. The number of terminal acetylenes is 1. The Kier molecular flexibility index (Phi) is 2.35. The molecular formula is C8H5O3P-2. The van der Waals surface area contributed by atoms with Crippen molar-refractivity contribution >= 4 is 12.9 Å². The van der Waals surface area contributed by atoms with Gasteiger partial charge in [0.05, 0.1) is 0 Å². The maximum absolute atomic E-state index is 10.5. The summed E-state index contributed by atoms with van der Waals surface area (Å²) in [5.74, 6) is 2.31. The predicted octanol–water partition coefficient (Wildman–Crippen LogP) is -0.793. The van der Waals surface area contributed by atoms with Crippen LogP contribution in [-0.2, 0) is 4.57 Å². The number of hydrogen-bond donors (Lipinski definition) is 0. The Labute approximate surface area is 70.2 Å². The lowest BCUT2D eigenvalue weighted by molar-refractivity contribution is -0.307. The van der Waals surface area contributed by atoms with E-state index < -0.39 is 7.60 Å². The van der Waals surface area contributed by atoms with Gasteiger partial charge in [-0.3, -0.25) is 0 Å². The first-order valence-corrected chi connectivity index (χ1v) is 4.67. The van der Waals surface area contributed by atoms with Crippen LogP contribution >= 0.6 is 7.60 Å². The van der Waals surface area contributed by atoms with E-state index in [1.807, 2.05) is 0 Å². The highest BCUT2D eigenvalue weighted by Crippen LogP contribution is 2.21. The summed E-state index contributed by atoms with van der Waals surface area (Å²) in [6, 6.07) is 5.24. The smallest absolute Gasteiger partial charge is 0.0243 e. The van der Waals surface area contributed by atoms with Gasteiger partial charge in [0.25, 0.3) is 0 Å². The molecular weight excluding hydrogens is 175 g/mol. The molecule has 0 bridgehead atoms. The molecule has 0 aromatic heterocycles. The molecule has 4 heteroatoms. The fraction of sp³-hybridized carbons (Fsp3) is 0. The van der Waals surface area contributed by atoms with Gasteiger partial charge in [0.15, 0.2) is 0 Å². The maximum Gasteiger partial charge on any atom is 0.0243 e. The van der Waals surface area contributed by atoms with Gasteiger partial charge in [0.1, 0.15) is 0 Å². The molecule has 0 atom stereocenters. The van der Waals surface area contributed by atoms with E-state index in [0.29, 0.717) is 5.56 Å². The molecule has 0 N–H and O–H groups in total. The summed E-state index contributed by atoms with van der Waals surface area (Å²) in [7, 11) is -4.62. The van der Waals surface area contributed by atoms with Gasteiger partial charge in [-0.15, -0.1) is 6.42 Å². The molecule has 12 heavy (non-hydrogen) atoms. The summed E-state index contributed by atoms with van der Waals surface area (Å²) in [5.41, 5.74) is 0.548. The van der Waals surface area contributed by atoms with E-state index in [0.717, 1.165) is 0 Å². The van der Waals surface area contributed by atoms with Gasteiger partial charge in [-0.1, -0.05) is 18.1 Å². The Balaban J connectivity index is 3.11. The molecule has 0 saturated heterocycles. The maximum atomic E-state index is 10.5. The lowest BCUT2D eigenvalue weighted by Gasteiger charge is -2.29. The zero-order chi connectivity index (χ0) is 9.19. The quantitative estimate of drug-likeness (QED) is 0.420. The fourth-order valence-corrected chi connectivity index (χ4v) is 1.25. The average molecular weight is 180 g/mol. The molecule has 0 unspecified atom stereocenters. The number of benzene rings is 1. The van der Waals surface area contributed by atoms with Crippen molar-refractivity contribution in [2.45, 2.75) is 0 Å². The largest absolute Gasteiger partial charge is 0.807 e. The van der Waals surface area contributed by atoms with Crippen molar-refractivity contribution in [3.05, 3.63) is 29.8 Å². The summed E-state index contributed by atoms with van der Waals surface area (Å²) in [5, 5.41) is -0.235. The summed E-state index contributed by atoms with van der Waals surface area (Å²) < 4.78 is 10.5. The topological polar surface area (TPSA) is 63.2 Å². The number of rotatable bonds is 1. The zero-order valence-electron chi connectivity index (χ0n) is 6.06. The molecule has 0 aliphatic rings. The first kappa shape index (κ1) is 9.02. The van der Waals surface area contributed by atoms with Crippen LogP contribution in [0.25, 0.3) is 0 Å². The molecule has 0 aliphatic heterocycles. The van der Waals surface area contributed by atoms with Crippen LogP contribution < -0.4 is 15.1 Å². The summed E-state index contributed by atoms with van der Waals surface area (Å²) in [6.07, 6.45) is 5.03. The zero-order valence-corrected chi connectivity index (χ0v) is 6.95. The average Bonchev–Trinajstić information content (AvgIpc) is 2.03. The van der Waals surface area contributed by atoms with Crippen molar-refractivity contribution < 1.29 is 14.4 Å². The lowest BCUT2D eigenvalue weighted by Crippen LogP contribution is -2.24. The van der Waals surface area contributed by atoms with Crippen molar-refractivity contribution in [1.29, 1.82) is 0 Å². The first-order valence-electron chi connectivity index (χ1n) is 3.13. The third kappa shape index (κ3) is 1.96. The van der Waals surface area contributed by atoms with E-state index in [2.05, 4.69) is 5.92 Å². The van der Waals surface area contributed by atoms with Crippen LogP contribution in [0.4, 0.5) is 0 Å².